The van der Waals surface area contributed by atoms with Crippen LogP contribution < -0.4 is 4.90 Å². The first kappa shape index (κ1) is 17.7. The zero-order chi connectivity index (χ0) is 18.7. The van der Waals surface area contributed by atoms with Gasteiger partial charge in [0.2, 0.25) is 0 Å². The third-order valence-electron chi connectivity index (χ3n) is 3.99. The van der Waals surface area contributed by atoms with E-state index in [1.807, 2.05) is 19.9 Å². The van der Waals surface area contributed by atoms with Gasteiger partial charge in [-0.3, -0.25) is 10.1 Å². The molecule has 0 saturated carbocycles. The fourth-order valence-corrected chi connectivity index (χ4v) is 3.27. The number of nitro benzene ring substituents is 1. The molecule has 2 aromatic carbocycles. The van der Waals surface area contributed by atoms with E-state index in [0.717, 1.165) is 30.3 Å². The van der Waals surface area contributed by atoms with E-state index in [9.17, 15) is 15.2 Å². The van der Waals surface area contributed by atoms with Gasteiger partial charge in [-0.2, -0.15) is 4.37 Å². The number of azo groups is 1. The first-order valence-corrected chi connectivity index (χ1v) is 8.84. The number of fused-ring (bicyclic) bond motifs is 1. The minimum absolute atomic E-state index is 0.0259. The highest BCUT2D eigenvalue weighted by molar-refractivity contribution is 7.11. The monoisotopic (exact) mass is 371 g/mol. The van der Waals surface area contributed by atoms with E-state index in [4.69, 9.17) is 0 Å². The Balaban J connectivity index is 1.91. The molecule has 1 N–H and O–H groups in total. The number of benzene rings is 2. The molecule has 1 heterocycles. The molecule has 3 aromatic rings. The number of non-ortho nitro benzene ring substituents is 1. The van der Waals surface area contributed by atoms with Gasteiger partial charge in [-0.15, -0.1) is 10.2 Å². The van der Waals surface area contributed by atoms with Crippen LogP contribution in [0.3, 0.4) is 0 Å². The maximum absolute atomic E-state index is 10.9. The fourth-order valence-electron chi connectivity index (χ4n) is 2.58. The summed E-state index contributed by atoms with van der Waals surface area (Å²) in [4.78, 5) is 12.6. The SMILES string of the molecule is CCN(CC)c1ccc(N=Nc2snc3ccc([N+](=O)[O-])cc23)c(O)c1. The van der Waals surface area contributed by atoms with Crippen LogP contribution in [0.4, 0.5) is 22.1 Å². The Morgan fingerprint density at radius 3 is 2.62 bits per heavy atom. The van der Waals surface area contributed by atoms with Gasteiger partial charge < -0.3 is 10.0 Å². The first-order chi connectivity index (χ1) is 12.5. The minimum Gasteiger partial charge on any atom is -0.506 e. The number of aromatic hydroxyl groups is 1. The molecule has 0 bridgehead atoms. The van der Waals surface area contributed by atoms with Crippen LogP contribution in [0.25, 0.3) is 10.9 Å². The molecule has 0 aliphatic heterocycles. The predicted molar refractivity (Wildman–Crippen MR) is 102 cm³/mol. The lowest BCUT2D eigenvalue weighted by molar-refractivity contribution is -0.384. The second-order valence-corrected chi connectivity index (χ2v) is 6.24. The van der Waals surface area contributed by atoms with Crippen molar-refractivity contribution in [2.24, 2.45) is 10.2 Å². The number of nitro groups is 1. The second kappa shape index (κ2) is 7.44. The van der Waals surface area contributed by atoms with Crippen LogP contribution in [0.2, 0.25) is 0 Å². The number of hydrogen-bond acceptors (Lipinski definition) is 8. The summed E-state index contributed by atoms with van der Waals surface area (Å²) < 4.78 is 4.21. The van der Waals surface area contributed by atoms with Gasteiger partial charge in [-0.25, -0.2) is 0 Å². The Bertz CT molecular complexity index is 982. The molecule has 8 nitrogen and oxygen atoms in total. The summed E-state index contributed by atoms with van der Waals surface area (Å²) in [6.07, 6.45) is 0. The van der Waals surface area contributed by atoms with Crippen molar-refractivity contribution in [3.05, 3.63) is 46.5 Å². The van der Waals surface area contributed by atoms with E-state index >= 15 is 0 Å². The van der Waals surface area contributed by atoms with Gasteiger partial charge in [0.15, 0.2) is 5.00 Å². The number of anilines is 1. The van der Waals surface area contributed by atoms with Gasteiger partial charge in [0.1, 0.15) is 11.4 Å². The molecule has 0 aliphatic carbocycles. The Hall–Kier alpha value is -3.07. The van der Waals surface area contributed by atoms with Crippen molar-refractivity contribution in [2.75, 3.05) is 18.0 Å². The largest absolute Gasteiger partial charge is 0.506 e. The lowest BCUT2D eigenvalue weighted by Gasteiger charge is -2.21. The standard InChI is InChI=1S/C17H17N5O3S/c1-3-21(4-2)11-5-8-15(16(23)10-11)18-19-17-13-9-12(22(24)25)6-7-14(13)20-26-17/h5-10,23H,3-4H2,1-2H3. The summed E-state index contributed by atoms with van der Waals surface area (Å²) in [5.41, 5.74) is 1.83. The summed E-state index contributed by atoms with van der Waals surface area (Å²) >= 11 is 1.10. The predicted octanol–water partition coefficient (Wildman–Crippen LogP) is 5.17. The first-order valence-electron chi connectivity index (χ1n) is 8.07. The lowest BCUT2D eigenvalue weighted by atomic mass is 10.2. The molecule has 134 valence electrons. The van der Waals surface area contributed by atoms with Crippen LogP contribution in [0, 0.1) is 10.1 Å². The number of phenols is 1. The average Bonchev–Trinajstić information content (AvgIpc) is 3.04. The smallest absolute Gasteiger partial charge is 0.270 e. The molecule has 0 atom stereocenters. The van der Waals surface area contributed by atoms with Crippen LogP contribution in [0.5, 0.6) is 5.75 Å². The van der Waals surface area contributed by atoms with E-state index < -0.39 is 4.92 Å². The van der Waals surface area contributed by atoms with Crippen molar-refractivity contribution in [3.63, 3.8) is 0 Å². The summed E-state index contributed by atoms with van der Waals surface area (Å²) in [5, 5.41) is 30.4. The highest BCUT2D eigenvalue weighted by Gasteiger charge is 2.12. The molecule has 0 fully saturated rings. The van der Waals surface area contributed by atoms with Crippen molar-refractivity contribution in [1.82, 2.24) is 4.37 Å². The quantitative estimate of drug-likeness (QED) is 0.365. The highest BCUT2D eigenvalue weighted by Crippen LogP contribution is 2.36. The number of aromatic nitrogens is 1. The van der Waals surface area contributed by atoms with E-state index in [2.05, 4.69) is 19.5 Å². The van der Waals surface area contributed by atoms with Crippen molar-refractivity contribution in [1.29, 1.82) is 0 Å². The number of phenolic OH excluding ortho intramolecular Hbond substituents is 1. The van der Waals surface area contributed by atoms with Crippen LogP contribution >= 0.6 is 11.5 Å². The van der Waals surface area contributed by atoms with Crippen LogP contribution in [0.1, 0.15) is 13.8 Å². The van der Waals surface area contributed by atoms with Gasteiger partial charge in [0.25, 0.3) is 5.69 Å². The summed E-state index contributed by atoms with van der Waals surface area (Å²) in [5.74, 6) is 0.0259. The van der Waals surface area contributed by atoms with Gasteiger partial charge in [-0.1, -0.05) is 0 Å². The molecular formula is C17H17N5O3S. The minimum atomic E-state index is -0.463. The van der Waals surface area contributed by atoms with Crippen molar-refractivity contribution >= 4 is 44.5 Å². The zero-order valence-corrected chi connectivity index (χ0v) is 15.1. The molecule has 0 unspecified atom stereocenters. The van der Waals surface area contributed by atoms with E-state index in [1.165, 1.54) is 12.1 Å². The topological polar surface area (TPSA) is 104 Å². The number of rotatable bonds is 6. The van der Waals surface area contributed by atoms with Crippen molar-refractivity contribution < 1.29 is 10.0 Å². The van der Waals surface area contributed by atoms with Gasteiger partial charge in [0.05, 0.1) is 10.4 Å². The van der Waals surface area contributed by atoms with E-state index in [1.54, 1.807) is 18.2 Å². The molecule has 26 heavy (non-hydrogen) atoms. The van der Waals surface area contributed by atoms with Gasteiger partial charge in [-0.05, 0) is 43.6 Å². The van der Waals surface area contributed by atoms with Crippen molar-refractivity contribution in [2.45, 2.75) is 13.8 Å². The highest BCUT2D eigenvalue weighted by atomic mass is 32.1. The molecule has 0 saturated heterocycles. The summed E-state index contributed by atoms with van der Waals surface area (Å²) in [6, 6.07) is 9.63. The summed E-state index contributed by atoms with van der Waals surface area (Å²) in [6.45, 7) is 5.76. The van der Waals surface area contributed by atoms with Crippen molar-refractivity contribution in [3.8, 4) is 5.75 Å². The van der Waals surface area contributed by atoms with Gasteiger partial charge in [0, 0.05) is 42.4 Å². The maximum atomic E-state index is 10.9. The van der Waals surface area contributed by atoms with Crippen LogP contribution in [0.15, 0.2) is 46.6 Å². The second-order valence-electron chi connectivity index (χ2n) is 5.49. The molecule has 3 rings (SSSR count). The fraction of sp³-hybridized carbons (Fsp3) is 0.235. The Morgan fingerprint density at radius 2 is 1.96 bits per heavy atom. The van der Waals surface area contributed by atoms with E-state index in [-0.39, 0.29) is 11.4 Å². The Kier molecular flexibility index (Phi) is 5.08. The lowest BCUT2D eigenvalue weighted by Crippen LogP contribution is -2.21. The third-order valence-corrected chi connectivity index (χ3v) is 4.75. The molecule has 0 spiro atoms. The average molecular weight is 371 g/mol. The van der Waals surface area contributed by atoms with Crippen LogP contribution in [-0.2, 0) is 0 Å². The molecular weight excluding hydrogens is 354 g/mol. The zero-order valence-electron chi connectivity index (χ0n) is 14.3. The Labute approximate surface area is 153 Å². The third kappa shape index (κ3) is 3.47. The van der Waals surface area contributed by atoms with Crippen LogP contribution in [-0.4, -0.2) is 27.5 Å². The molecule has 0 amide bonds. The maximum Gasteiger partial charge on any atom is 0.270 e. The molecule has 0 radical (unpaired) electrons. The molecule has 9 heteroatoms. The summed E-state index contributed by atoms with van der Waals surface area (Å²) in [7, 11) is 0. The number of nitrogens with zero attached hydrogens (tertiary/aromatic N) is 5. The number of hydrogen-bond donors (Lipinski definition) is 1. The Morgan fingerprint density at radius 1 is 1.19 bits per heavy atom. The van der Waals surface area contributed by atoms with E-state index in [0.29, 0.717) is 21.6 Å². The van der Waals surface area contributed by atoms with Gasteiger partial charge >= 0.3 is 0 Å². The normalized spacial score (nSPS) is 11.3. The molecule has 0 aliphatic rings. The molecule has 1 aromatic heterocycles.